The number of hydrogen-bond acceptors (Lipinski definition) is 6. The molecule has 0 spiro atoms. The average molecular weight is 534 g/mol. The SMILES string of the molecule is C=CC(=O)N(C)c1ccc(Nc2c(C)cc(F)cc2C)c(-c2cn(C)c(=O)c3sc(C(=O)NCC)nc23)c1. The molecule has 8 nitrogen and oxygen atoms in total. The summed E-state index contributed by atoms with van der Waals surface area (Å²) in [5, 5.41) is 6.32. The van der Waals surface area contributed by atoms with Gasteiger partial charge in [0.1, 0.15) is 10.5 Å². The molecule has 0 saturated carbocycles. The Kier molecular flexibility index (Phi) is 7.45. The van der Waals surface area contributed by atoms with Gasteiger partial charge in [0.15, 0.2) is 5.01 Å². The number of anilines is 3. The fourth-order valence-electron chi connectivity index (χ4n) is 4.23. The van der Waals surface area contributed by atoms with Crippen LogP contribution < -0.4 is 21.1 Å². The van der Waals surface area contributed by atoms with E-state index in [0.29, 0.717) is 50.4 Å². The maximum atomic E-state index is 14.0. The number of carbonyl (C=O) groups is 2. The van der Waals surface area contributed by atoms with Crippen LogP contribution in [-0.2, 0) is 11.8 Å². The van der Waals surface area contributed by atoms with Crippen molar-refractivity contribution in [2.24, 2.45) is 7.05 Å². The Balaban J connectivity index is 2.00. The second-order valence-electron chi connectivity index (χ2n) is 8.89. The maximum absolute atomic E-state index is 14.0. The van der Waals surface area contributed by atoms with E-state index in [-0.39, 0.29) is 28.2 Å². The number of likely N-dealkylation sites (N-methyl/N-ethyl adjacent to an activating group) is 1. The van der Waals surface area contributed by atoms with E-state index in [0.717, 1.165) is 17.0 Å². The highest BCUT2D eigenvalue weighted by Gasteiger charge is 2.21. The standard InChI is InChI=1S/C28H28FN5O3S/c1-7-22(35)34(6)18-9-10-21(31-23-15(3)11-17(29)12-16(23)4)19(13-18)20-14-33(5)28(37)25-24(20)32-27(38-25)26(36)30-8-2/h7,9-14,31H,1,8H2,2-6H3,(H,30,36). The molecule has 0 bridgehead atoms. The number of nitrogens with one attached hydrogen (secondary N) is 2. The predicted octanol–water partition coefficient (Wildman–Crippen LogP) is 5.06. The molecular formula is C28H28FN5O3S. The molecule has 196 valence electrons. The summed E-state index contributed by atoms with van der Waals surface area (Å²) in [6, 6.07) is 8.30. The number of hydrogen-bond donors (Lipinski definition) is 2. The normalized spacial score (nSPS) is 10.9. The third-order valence-corrected chi connectivity index (χ3v) is 7.24. The first-order chi connectivity index (χ1) is 18.0. The van der Waals surface area contributed by atoms with Crippen LogP contribution in [0.15, 0.2) is 54.0 Å². The number of aryl methyl sites for hydroxylation is 3. The first-order valence-corrected chi connectivity index (χ1v) is 12.7. The first kappa shape index (κ1) is 26.7. The lowest BCUT2D eigenvalue weighted by Gasteiger charge is -2.21. The lowest BCUT2D eigenvalue weighted by molar-refractivity contribution is -0.113. The van der Waals surface area contributed by atoms with Gasteiger partial charge in [-0.15, -0.1) is 11.3 Å². The zero-order valence-electron chi connectivity index (χ0n) is 21.8. The monoisotopic (exact) mass is 533 g/mol. The quantitative estimate of drug-likeness (QED) is 0.324. The molecule has 0 fully saturated rings. The molecule has 0 radical (unpaired) electrons. The van der Waals surface area contributed by atoms with E-state index < -0.39 is 0 Å². The van der Waals surface area contributed by atoms with Crippen LogP contribution in [-0.4, -0.2) is 35.0 Å². The van der Waals surface area contributed by atoms with Gasteiger partial charge in [0.25, 0.3) is 11.5 Å². The number of benzene rings is 2. The molecule has 0 unspecified atom stereocenters. The minimum absolute atomic E-state index is 0.182. The van der Waals surface area contributed by atoms with Crippen molar-refractivity contribution in [2.75, 3.05) is 23.8 Å². The molecule has 2 heterocycles. The fourth-order valence-corrected chi connectivity index (χ4v) is 5.21. The Bertz CT molecular complexity index is 1630. The van der Waals surface area contributed by atoms with E-state index in [1.807, 2.05) is 26.0 Å². The van der Waals surface area contributed by atoms with Crippen molar-refractivity contribution in [1.29, 1.82) is 0 Å². The fraction of sp³-hybridized carbons (Fsp3) is 0.214. The van der Waals surface area contributed by atoms with Crippen molar-refractivity contribution in [3.8, 4) is 11.1 Å². The van der Waals surface area contributed by atoms with E-state index in [1.165, 1.54) is 27.7 Å². The topological polar surface area (TPSA) is 96.3 Å². The van der Waals surface area contributed by atoms with Crippen LogP contribution in [0.3, 0.4) is 0 Å². The third kappa shape index (κ3) is 4.95. The smallest absolute Gasteiger partial charge is 0.280 e. The Morgan fingerprint density at radius 2 is 1.87 bits per heavy atom. The number of pyridine rings is 1. The van der Waals surface area contributed by atoms with Gasteiger partial charge in [-0.3, -0.25) is 14.4 Å². The van der Waals surface area contributed by atoms with Gasteiger partial charge in [0, 0.05) is 55.0 Å². The highest BCUT2D eigenvalue weighted by Crippen LogP contribution is 2.39. The summed E-state index contributed by atoms with van der Waals surface area (Å²) in [4.78, 5) is 43.9. The number of rotatable bonds is 7. The summed E-state index contributed by atoms with van der Waals surface area (Å²) >= 11 is 1.03. The zero-order valence-corrected chi connectivity index (χ0v) is 22.6. The molecule has 4 rings (SSSR count). The van der Waals surface area contributed by atoms with Gasteiger partial charge in [-0.2, -0.15) is 0 Å². The minimum atomic E-state index is -0.359. The number of thiazole rings is 1. The molecule has 0 aliphatic heterocycles. The summed E-state index contributed by atoms with van der Waals surface area (Å²) in [5.74, 6) is -0.979. The second kappa shape index (κ2) is 10.6. The van der Waals surface area contributed by atoms with Gasteiger partial charge in [-0.25, -0.2) is 9.37 Å². The highest BCUT2D eigenvalue weighted by atomic mass is 32.1. The second-order valence-corrected chi connectivity index (χ2v) is 9.88. The van der Waals surface area contributed by atoms with E-state index >= 15 is 0 Å². The molecular weight excluding hydrogens is 505 g/mol. The first-order valence-electron chi connectivity index (χ1n) is 11.9. The van der Waals surface area contributed by atoms with Crippen molar-refractivity contribution in [2.45, 2.75) is 20.8 Å². The van der Waals surface area contributed by atoms with E-state index in [9.17, 15) is 18.8 Å². The summed E-state index contributed by atoms with van der Waals surface area (Å²) in [6.45, 7) is 9.42. The van der Waals surface area contributed by atoms with Gasteiger partial charge in [0.2, 0.25) is 5.91 Å². The number of nitrogens with zero attached hydrogens (tertiary/aromatic N) is 3. The maximum Gasteiger partial charge on any atom is 0.280 e. The molecule has 0 saturated heterocycles. The highest BCUT2D eigenvalue weighted by molar-refractivity contribution is 7.20. The number of carbonyl (C=O) groups excluding carboxylic acids is 2. The Hall–Kier alpha value is -4.31. The molecule has 2 aromatic heterocycles. The van der Waals surface area contributed by atoms with Crippen LogP contribution in [0.25, 0.3) is 21.3 Å². The van der Waals surface area contributed by atoms with Gasteiger partial charge in [-0.05, 0) is 68.3 Å². The summed E-state index contributed by atoms with van der Waals surface area (Å²) in [5.41, 5.74) is 4.75. The Morgan fingerprint density at radius 1 is 1.18 bits per heavy atom. The van der Waals surface area contributed by atoms with Crippen LogP contribution in [0.2, 0.25) is 0 Å². The number of amides is 2. The molecule has 2 amide bonds. The van der Waals surface area contributed by atoms with Gasteiger partial charge >= 0.3 is 0 Å². The molecule has 0 aliphatic carbocycles. The van der Waals surface area contributed by atoms with Crippen molar-refractivity contribution >= 4 is 50.4 Å². The van der Waals surface area contributed by atoms with Crippen molar-refractivity contribution in [1.82, 2.24) is 14.9 Å². The summed E-state index contributed by atoms with van der Waals surface area (Å²) < 4.78 is 15.8. The van der Waals surface area contributed by atoms with Crippen molar-refractivity contribution in [3.63, 3.8) is 0 Å². The van der Waals surface area contributed by atoms with Crippen molar-refractivity contribution in [3.05, 3.63) is 81.5 Å². The lowest BCUT2D eigenvalue weighted by Crippen LogP contribution is -2.23. The van der Waals surface area contributed by atoms with E-state index in [1.54, 1.807) is 33.3 Å². The number of aromatic nitrogens is 2. The third-order valence-electron chi connectivity index (χ3n) is 6.19. The minimum Gasteiger partial charge on any atom is -0.355 e. The molecule has 2 N–H and O–H groups in total. The number of fused-ring (bicyclic) bond motifs is 1. The molecule has 38 heavy (non-hydrogen) atoms. The van der Waals surface area contributed by atoms with E-state index in [2.05, 4.69) is 22.2 Å². The van der Waals surface area contributed by atoms with Crippen LogP contribution >= 0.6 is 11.3 Å². The average Bonchev–Trinajstić information content (AvgIpc) is 3.34. The van der Waals surface area contributed by atoms with E-state index in [4.69, 9.17) is 0 Å². The van der Waals surface area contributed by atoms with Gasteiger partial charge < -0.3 is 20.1 Å². The molecule has 0 aliphatic rings. The zero-order chi connectivity index (χ0) is 27.7. The van der Waals surface area contributed by atoms with Crippen LogP contribution in [0.4, 0.5) is 21.5 Å². The Morgan fingerprint density at radius 3 is 2.50 bits per heavy atom. The van der Waals surface area contributed by atoms with Crippen LogP contribution in [0.1, 0.15) is 27.9 Å². The lowest BCUT2D eigenvalue weighted by atomic mass is 10.0. The van der Waals surface area contributed by atoms with Crippen LogP contribution in [0, 0.1) is 19.7 Å². The predicted molar refractivity (Wildman–Crippen MR) is 151 cm³/mol. The summed E-state index contributed by atoms with van der Waals surface area (Å²) in [7, 11) is 3.27. The van der Waals surface area contributed by atoms with Crippen LogP contribution in [0.5, 0.6) is 0 Å². The van der Waals surface area contributed by atoms with Gasteiger partial charge in [-0.1, -0.05) is 6.58 Å². The van der Waals surface area contributed by atoms with Gasteiger partial charge in [0.05, 0.1) is 5.52 Å². The molecule has 0 atom stereocenters. The largest absolute Gasteiger partial charge is 0.355 e. The molecule has 4 aromatic rings. The Labute approximate surface area is 223 Å². The molecule has 2 aromatic carbocycles. The number of halogens is 1. The summed E-state index contributed by atoms with van der Waals surface area (Å²) in [6.07, 6.45) is 2.89. The molecule has 10 heteroatoms. The van der Waals surface area contributed by atoms with Crippen molar-refractivity contribution < 1.29 is 14.0 Å².